The minimum atomic E-state index is -0.0770. The molecule has 0 fully saturated rings. The minimum Gasteiger partial charge on any atom is -0.356 e. The standard InChI is InChI=1S/C19H22BrN3OS/c1-2-3-4-5-6-11-21-19-22-15-12-16(25-17(15)18(24)23-19)13-7-9-14(20)10-8-13/h7-10,12H,2-6,11H2,1H3,(H2,21,22,23,24). The van der Waals surface area contributed by atoms with Crippen LogP contribution in [-0.4, -0.2) is 16.5 Å². The quantitative estimate of drug-likeness (QED) is 0.453. The lowest BCUT2D eigenvalue weighted by Crippen LogP contribution is -2.12. The topological polar surface area (TPSA) is 57.8 Å². The summed E-state index contributed by atoms with van der Waals surface area (Å²) in [7, 11) is 0. The lowest BCUT2D eigenvalue weighted by Gasteiger charge is -2.04. The number of unbranched alkanes of at least 4 members (excludes halogenated alkanes) is 4. The van der Waals surface area contributed by atoms with Gasteiger partial charge in [-0.3, -0.25) is 9.78 Å². The molecule has 0 unspecified atom stereocenters. The highest BCUT2D eigenvalue weighted by Gasteiger charge is 2.10. The van der Waals surface area contributed by atoms with Crippen LogP contribution in [0.1, 0.15) is 39.0 Å². The third-order valence-corrected chi connectivity index (χ3v) is 5.79. The Morgan fingerprint density at radius 3 is 2.68 bits per heavy atom. The van der Waals surface area contributed by atoms with Gasteiger partial charge in [0.2, 0.25) is 5.95 Å². The molecular formula is C19H22BrN3OS. The number of hydrogen-bond donors (Lipinski definition) is 2. The summed E-state index contributed by atoms with van der Waals surface area (Å²) in [5, 5.41) is 3.24. The van der Waals surface area contributed by atoms with Crippen molar-refractivity contribution in [3.05, 3.63) is 45.2 Å². The van der Waals surface area contributed by atoms with Crippen LogP contribution in [0, 0.1) is 0 Å². The van der Waals surface area contributed by atoms with Crippen molar-refractivity contribution < 1.29 is 0 Å². The van der Waals surface area contributed by atoms with Gasteiger partial charge in [0, 0.05) is 15.9 Å². The molecule has 2 heterocycles. The third-order valence-electron chi connectivity index (χ3n) is 4.08. The lowest BCUT2D eigenvalue weighted by molar-refractivity contribution is 0.644. The normalized spacial score (nSPS) is 11.1. The first-order valence-corrected chi connectivity index (χ1v) is 10.3. The van der Waals surface area contributed by atoms with E-state index in [4.69, 9.17) is 0 Å². The Morgan fingerprint density at radius 2 is 1.92 bits per heavy atom. The van der Waals surface area contributed by atoms with E-state index in [1.54, 1.807) is 0 Å². The summed E-state index contributed by atoms with van der Waals surface area (Å²) in [5.41, 5.74) is 1.77. The second kappa shape index (κ2) is 8.63. The zero-order valence-electron chi connectivity index (χ0n) is 14.3. The SMILES string of the molecule is CCCCCCCNc1nc2cc(-c3ccc(Br)cc3)sc2c(=O)[nH]1. The van der Waals surface area contributed by atoms with Crippen LogP contribution in [-0.2, 0) is 0 Å². The molecule has 1 aromatic carbocycles. The first-order valence-electron chi connectivity index (χ1n) is 8.71. The molecule has 2 N–H and O–H groups in total. The van der Waals surface area contributed by atoms with Gasteiger partial charge in [-0.1, -0.05) is 60.7 Å². The van der Waals surface area contributed by atoms with Gasteiger partial charge in [0.15, 0.2) is 0 Å². The number of H-pyrrole nitrogens is 1. The number of fused-ring (bicyclic) bond motifs is 1. The molecule has 0 saturated heterocycles. The summed E-state index contributed by atoms with van der Waals surface area (Å²) in [5.74, 6) is 0.563. The molecule has 0 bridgehead atoms. The maximum Gasteiger partial charge on any atom is 0.270 e. The molecule has 2 aromatic heterocycles. The second-order valence-electron chi connectivity index (χ2n) is 6.09. The fourth-order valence-corrected chi connectivity index (χ4v) is 3.98. The van der Waals surface area contributed by atoms with Crippen molar-refractivity contribution in [2.45, 2.75) is 39.0 Å². The van der Waals surface area contributed by atoms with Gasteiger partial charge in [-0.15, -0.1) is 11.3 Å². The maximum absolute atomic E-state index is 12.3. The van der Waals surface area contributed by atoms with Crippen molar-refractivity contribution in [2.75, 3.05) is 11.9 Å². The average Bonchev–Trinajstić information content (AvgIpc) is 3.03. The monoisotopic (exact) mass is 419 g/mol. The first-order chi connectivity index (χ1) is 12.2. The van der Waals surface area contributed by atoms with Crippen LogP contribution in [0.5, 0.6) is 0 Å². The Balaban J connectivity index is 1.73. The Morgan fingerprint density at radius 1 is 1.16 bits per heavy atom. The van der Waals surface area contributed by atoms with Crippen molar-refractivity contribution in [3.8, 4) is 10.4 Å². The van der Waals surface area contributed by atoms with Crippen molar-refractivity contribution >= 4 is 43.4 Å². The molecule has 0 aliphatic heterocycles. The zero-order valence-corrected chi connectivity index (χ0v) is 16.7. The first kappa shape index (κ1) is 18.1. The molecule has 25 heavy (non-hydrogen) atoms. The molecule has 0 amide bonds. The fraction of sp³-hybridized carbons (Fsp3) is 0.368. The van der Waals surface area contributed by atoms with Crippen LogP contribution in [0.25, 0.3) is 20.7 Å². The molecule has 0 saturated carbocycles. The summed E-state index contributed by atoms with van der Waals surface area (Å²) in [6.07, 6.45) is 6.10. The van der Waals surface area contributed by atoms with Gasteiger partial charge < -0.3 is 5.32 Å². The number of thiophene rings is 1. The molecule has 6 heteroatoms. The number of aromatic nitrogens is 2. The van der Waals surface area contributed by atoms with Crippen LogP contribution in [0.15, 0.2) is 39.6 Å². The number of aromatic amines is 1. The van der Waals surface area contributed by atoms with Crippen LogP contribution < -0.4 is 10.9 Å². The number of anilines is 1. The number of benzene rings is 1. The van der Waals surface area contributed by atoms with E-state index >= 15 is 0 Å². The molecule has 0 atom stereocenters. The Hall–Kier alpha value is -1.66. The highest BCUT2D eigenvalue weighted by molar-refractivity contribution is 9.10. The third kappa shape index (κ3) is 4.70. The number of halogens is 1. The zero-order chi connectivity index (χ0) is 17.6. The Bertz CT molecular complexity index is 886. The van der Waals surface area contributed by atoms with Crippen LogP contribution >= 0.6 is 27.3 Å². The predicted octanol–water partition coefficient (Wildman–Crippen LogP) is 5.80. The smallest absolute Gasteiger partial charge is 0.270 e. The maximum atomic E-state index is 12.3. The molecule has 0 radical (unpaired) electrons. The van der Waals surface area contributed by atoms with Gasteiger partial charge in [0.05, 0.1) is 5.52 Å². The molecule has 0 aliphatic carbocycles. The van der Waals surface area contributed by atoms with Gasteiger partial charge in [0.25, 0.3) is 5.56 Å². The minimum absolute atomic E-state index is 0.0770. The molecule has 132 valence electrons. The summed E-state index contributed by atoms with van der Waals surface area (Å²) in [6, 6.07) is 10.1. The van der Waals surface area contributed by atoms with Gasteiger partial charge in [-0.2, -0.15) is 0 Å². The lowest BCUT2D eigenvalue weighted by atomic mass is 10.1. The average molecular weight is 420 g/mol. The van der Waals surface area contributed by atoms with Gasteiger partial charge >= 0.3 is 0 Å². The second-order valence-corrected chi connectivity index (χ2v) is 8.06. The molecule has 0 aliphatic rings. The van der Waals surface area contributed by atoms with E-state index in [1.165, 1.54) is 37.0 Å². The van der Waals surface area contributed by atoms with Gasteiger partial charge in [-0.05, 0) is 30.2 Å². The van der Waals surface area contributed by atoms with Crippen molar-refractivity contribution in [2.24, 2.45) is 0 Å². The van der Waals surface area contributed by atoms with Crippen LogP contribution in [0.4, 0.5) is 5.95 Å². The van der Waals surface area contributed by atoms with Gasteiger partial charge in [-0.25, -0.2) is 4.98 Å². The number of nitrogens with one attached hydrogen (secondary N) is 2. The number of rotatable bonds is 8. The van der Waals surface area contributed by atoms with E-state index in [0.29, 0.717) is 10.6 Å². The largest absolute Gasteiger partial charge is 0.356 e. The molecular weight excluding hydrogens is 398 g/mol. The summed E-state index contributed by atoms with van der Waals surface area (Å²) < 4.78 is 1.71. The van der Waals surface area contributed by atoms with Crippen molar-refractivity contribution in [1.82, 2.24) is 9.97 Å². The van der Waals surface area contributed by atoms with E-state index in [9.17, 15) is 4.79 Å². The number of hydrogen-bond acceptors (Lipinski definition) is 4. The molecule has 3 aromatic rings. The molecule has 3 rings (SSSR count). The van der Waals surface area contributed by atoms with Crippen LogP contribution in [0.2, 0.25) is 0 Å². The van der Waals surface area contributed by atoms with E-state index in [0.717, 1.165) is 33.4 Å². The van der Waals surface area contributed by atoms with E-state index in [2.05, 4.69) is 38.1 Å². The summed E-state index contributed by atoms with van der Waals surface area (Å²) in [6.45, 7) is 3.05. The van der Waals surface area contributed by atoms with E-state index < -0.39 is 0 Å². The van der Waals surface area contributed by atoms with Gasteiger partial charge in [0.1, 0.15) is 4.70 Å². The highest BCUT2D eigenvalue weighted by atomic mass is 79.9. The Labute approximate surface area is 159 Å². The van der Waals surface area contributed by atoms with E-state index in [1.807, 2.05) is 30.3 Å². The summed E-state index contributed by atoms with van der Waals surface area (Å²) in [4.78, 5) is 20.8. The van der Waals surface area contributed by atoms with Crippen LogP contribution in [0.3, 0.4) is 0 Å². The van der Waals surface area contributed by atoms with Crippen molar-refractivity contribution in [1.29, 1.82) is 0 Å². The predicted molar refractivity (Wildman–Crippen MR) is 111 cm³/mol. The van der Waals surface area contributed by atoms with E-state index in [-0.39, 0.29) is 5.56 Å². The molecule has 4 nitrogen and oxygen atoms in total. The highest BCUT2D eigenvalue weighted by Crippen LogP contribution is 2.31. The van der Waals surface area contributed by atoms with Crippen molar-refractivity contribution in [3.63, 3.8) is 0 Å². The fourth-order valence-electron chi connectivity index (χ4n) is 2.72. The number of nitrogens with zero attached hydrogens (tertiary/aromatic N) is 1. The Kier molecular flexibility index (Phi) is 6.26. The summed E-state index contributed by atoms with van der Waals surface area (Å²) >= 11 is 4.92. The molecule has 0 spiro atoms.